The first kappa shape index (κ1) is 18.8. The third kappa shape index (κ3) is 3.38. The van der Waals surface area contributed by atoms with Crippen LogP contribution in [0, 0.1) is 5.82 Å². The predicted octanol–water partition coefficient (Wildman–Crippen LogP) is 5.41. The minimum absolute atomic E-state index is 0.275. The SMILES string of the molecule is C=C(c1cc2c(-c3ccc(F)cc3)nccc2[nH]1)c1cc(-c2cnn(C)c2)ccc1N. The first-order chi connectivity index (χ1) is 15.0. The van der Waals surface area contributed by atoms with Crippen LogP contribution in [0.15, 0.2) is 79.8 Å². The lowest BCUT2D eigenvalue weighted by Gasteiger charge is -2.10. The summed E-state index contributed by atoms with van der Waals surface area (Å²) in [7, 11) is 1.89. The summed E-state index contributed by atoms with van der Waals surface area (Å²) in [6.07, 6.45) is 5.52. The van der Waals surface area contributed by atoms with E-state index in [1.165, 1.54) is 12.1 Å². The number of nitrogens with one attached hydrogen (secondary N) is 1. The van der Waals surface area contributed by atoms with E-state index in [0.29, 0.717) is 5.69 Å². The van der Waals surface area contributed by atoms with Gasteiger partial charge in [0.25, 0.3) is 0 Å². The molecule has 5 aromatic rings. The van der Waals surface area contributed by atoms with Gasteiger partial charge in [0.15, 0.2) is 0 Å². The highest BCUT2D eigenvalue weighted by Gasteiger charge is 2.14. The van der Waals surface area contributed by atoms with Crippen molar-refractivity contribution in [3.63, 3.8) is 0 Å². The van der Waals surface area contributed by atoms with Crippen LogP contribution in [0.3, 0.4) is 0 Å². The summed E-state index contributed by atoms with van der Waals surface area (Å²) >= 11 is 0. The summed E-state index contributed by atoms with van der Waals surface area (Å²) in [5.41, 5.74) is 14.0. The van der Waals surface area contributed by atoms with Gasteiger partial charge in [0.2, 0.25) is 0 Å². The Hall–Kier alpha value is -4.19. The third-order valence-electron chi connectivity index (χ3n) is 5.41. The average Bonchev–Trinajstić information content (AvgIpc) is 3.40. The Balaban J connectivity index is 1.58. The first-order valence-electron chi connectivity index (χ1n) is 9.81. The van der Waals surface area contributed by atoms with Crippen molar-refractivity contribution in [3.05, 3.63) is 96.8 Å². The Morgan fingerprint density at radius 2 is 1.81 bits per heavy atom. The molecule has 5 nitrogen and oxygen atoms in total. The number of hydrogen-bond donors (Lipinski definition) is 2. The molecular formula is C25H20FN5. The number of hydrogen-bond acceptors (Lipinski definition) is 3. The third-order valence-corrected chi connectivity index (χ3v) is 5.41. The van der Waals surface area contributed by atoms with Gasteiger partial charge in [-0.15, -0.1) is 0 Å². The largest absolute Gasteiger partial charge is 0.398 e. The van der Waals surface area contributed by atoms with Gasteiger partial charge in [0, 0.05) is 64.0 Å². The minimum atomic E-state index is -0.275. The Morgan fingerprint density at radius 1 is 1.03 bits per heavy atom. The van der Waals surface area contributed by atoms with E-state index < -0.39 is 0 Å². The van der Waals surface area contributed by atoms with Gasteiger partial charge >= 0.3 is 0 Å². The van der Waals surface area contributed by atoms with Gasteiger partial charge in [-0.05, 0) is 54.1 Å². The Labute approximate surface area is 178 Å². The van der Waals surface area contributed by atoms with Gasteiger partial charge in [-0.2, -0.15) is 5.10 Å². The number of nitrogens with zero attached hydrogens (tertiary/aromatic N) is 3. The Bertz CT molecular complexity index is 1430. The Kier molecular flexibility index (Phi) is 4.40. The summed E-state index contributed by atoms with van der Waals surface area (Å²) in [6.45, 7) is 4.30. The maximum absolute atomic E-state index is 13.4. The van der Waals surface area contributed by atoms with Gasteiger partial charge in [0.1, 0.15) is 5.82 Å². The highest BCUT2D eigenvalue weighted by Crippen LogP contribution is 2.34. The van der Waals surface area contributed by atoms with Crippen molar-refractivity contribution in [2.24, 2.45) is 7.05 Å². The summed E-state index contributed by atoms with van der Waals surface area (Å²) in [4.78, 5) is 7.94. The highest BCUT2D eigenvalue weighted by atomic mass is 19.1. The van der Waals surface area contributed by atoms with E-state index in [1.54, 1.807) is 23.0 Å². The number of anilines is 1. The second-order valence-electron chi connectivity index (χ2n) is 7.49. The molecule has 0 unspecified atom stereocenters. The first-order valence-corrected chi connectivity index (χ1v) is 9.81. The monoisotopic (exact) mass is 409 g/mol. The zero-order valence-electron chi connectivity index (χ0n) is 16.9. The number of rotatable bonds is 4. The summed E-state index contributed by atoms with van der Waals surface area (Å²) in [5.74, 6) is -0.275. The Morgan fingerprint density at radius 3 is 2.55 bits per heavy atom. The van der Waals surface area contributed by atoms with Crippen LogP contribution in [0.4, 0.5) is 10.1 Å². The predicted molar refractivity (Wildman–Crippen MR) is 123 cm³/mol. The van der Waals surface area contributed by atoms with Gasteiger partial charge < -0.3 is 10.7 Å². The molecule has 0 saturated carbocycles. The van der Waals surface area contributed by atoms with Gasteiger partial charge in [0.05, 0.1) is 11.9 Å². The number of aromatic amines is 1. The molecule has 6 heteroatoms. The molecule has 0 bridgehead atoms. The lowest BCUT2D eigenvalue weighted by Crippen LogP contribution is -1.95. The van der Waals surface area contributed by atoms with Crippen LogP contribution in [0.5, 0.6) is 0 Å². The molecule has 3 heterocycles. The number of nitrogen functional groups attached to an aromatic ring is 1. The molecule has 3 N–H and O–H groups in total. The van der Waals surface area contributed by atoms with Gasteiger partial charge in [-0.1, -0.05) is 12.6 Å². The molecule has 31 heavy (non-hydrogen) atoms. The quantitative estimate of drug-likeness (QED) is 0.390. The van der Waals surface area contributed by atoms with Gasteiger partial charge in [-0.3, -0.25) is 9.67 Å². The molecule has 0 amide bonds. The van der Waals surface area contributed by atoms with Crippen molar-refractivity contribution >= 4 is 22.2 Å². The fourth-order valence-corrected chi connectivity index (χ4v) is 3.77. The molecule has 0 saturated heterocycles. The lowest BCUT2D eigenvalue weighted by atomic mass is 9.98. The molecule has 152 valence electrons. The maximum Gasteiger partial charge on any atom is 0.123 e. The molecule has 5 rings (SSSR count). The summed E-state index contributed by atoms with van der Waals surface area (Å²) in [6, 6.07) is 16.1. The zero-order valence-corrected chi connectivity index (χ0v) is 16.9. The van der Waals surface area contributed by atoms with Crippen molar-refractivity contribution in [1.29, 1.82) is 0 Å². The highest BCUT2D eigenvalue weighted by molar-refractivity contribution is 5.97. The van der Waals surface area contributed by atoms with Crippen LogP contribution < -0.4 is 5.73 Å². The van der Waals surface area contributed by atoms with Crippen molar-refractivity contribution < 1.29 is 4.39 Å². The maximum atomic E-state index is 13.4. The minimum Gasteiger partial charge on any atom is -0.398 e. The molecule has 0 radical (unpaired) electrons. The second kappa shape index (κ2) is 7.25. The summed E-state index contributed by atoms with van der Waals surface area (Å²) in [5, 5.41) is 5.18. The van der Waals surface area contributed by atoms with E-state index in [9.17, 15) is 4.39 Å². The van der Waals surface area contributed by atoms with Crippen molar-refractivity contribution in [3.8, 4) is 22.4 Å². The van der Waals surface area contributed by atoms with Gasteiger partial charge in [-0.25, -0.2) is 4.39 Å². The van der Waals surface area contributed by atoms with Crippen LogP contribution in [0.1, 0.15) is 11.3 Å². The number of halogens is 1. The van der Waals surface area contributed by atoms with Crippen LogP contribution in [-0.2, 0) is 7.05 Å². The molecule has 3 aromatic heterocycles. The summed E-state index contributed by atoms with van der Waals surface area (Å²) < 4.78 is 15.1. The second-order valence-corrected chi connectivity index (χ2v) is 7.49. The van der Waals surface area contributed by atoms with Crippen LogP contribution >= 0.6 is 0 Å². The van der Waals surface area contributed by atoms with Crippen molar-refractivity contribution in [2.45, 2.75) is 0 Å². The van der Waals surface area contributed by atoms with E-state index in [1.807, 2.05) is 49.8 Å². The number of pyridine rings is 1. The standard InChI is InChI=1S/C25H20FN5/c1-15(20-11-17(5-8-22(20)27)18-13-29-31(2)14-18)24-12-21-23(30-24)9-10-28-25(21)16-3-6-19(26)7-4-16/h3-14,30H,1,27H2,2H3. The molecule has 0 atom stereocenters. The zero-order chi connectivity index (χ0) is 21.5. The smallest absolute Gasteiger partial charge is 0.123 e. The fourth-order valence-electron chi connectivity index (χ4n) is 3.77. The molecular weight excluding hydrogens is 389 g/mol. The molecule has 0 aliphatic heterocycles. The normalized spacial score (nSPS) is 11.2. The topological polar surface area (TPSA) is 72.5 Å². The van der Waals surface area contributed by atoms with Crippen molar-refractivity contribution in [1.82, 2.24) is 19.7 Å². The molecule has 0 fully saturated rings. The molecule has 0 aliphatic carbocycles. The van der Waals surface area contributed by atoms with E-state index in [-0.39, 0.29) is 5.82 Å². The number of H-pyrrole nitrogens is 1. The molecule has 0 aliphatic rings. The number of fused-ring (bicyclic) bond motifs is 1. The lowest BCUT2D eigenvalue weighted by molar-refractivity contribution is 0.628. The molecule has 2 aromatic carbocycles. The fraction of sp³-hybridized carbons (Fsp3) is 0.0400. The number of aromatic nitrogens is 4. The number of benzene rings is 2. The van der Waals surface area contributed by atoms with Crippen LogP contribution in [0.25, 0.3) is 38.9 Å². The van der Waals surface area contributed by atoms with Crippen LogP contribution in [-0.4, -0.2) is 19.7 Å². The van der Waals surface area contributed by atoms with E-state index in [2.05, 4.69) is 21.6 Å². The van der Waals surface area contributed by atoms with Crippen LogP contribution in [0.2, 0.25) is 0 Å². The average molecular weight is 409 g/mol. The number of nitrogens with two attached hydrogens (primary N) is 1. The number of aryl methyl sites for hydroxylation is 1. The van der Waals surface area contributed by atoms with E-state index in [4.69, 9.17) is 5.73 Å². The van der Waals surface area contributed by atoms with Crippen molar-refractivity contribution in [2.75, 3.05) is 5.73 Å². The molecule has 0 spiro atoms. The van der Waals surface area contributed by atoms with E-state index in [0.717, 1.165) is 50.1 Å². The van der Waals surface area contributed by atoms with E-state index >= 15 is 0 Å².